The Hall–Kier alpha value is -0.570. The summed E-state index contributed by atoms with van der Waals surface area (Å²) < 4.78 is 0. The van der Waals surface area contributed by atoms with Gasteiger partial charge in [0.05, 0.1) is 0 Å². The van der Waals surface area contributed by atoms with Crippen LogP contribution in [-0.2, 0) is 4.79 Å². The summed E-state index contributed by atoms with van der Waals surface area (Å²) in [7, 11) is 0. The lowest BCUT2D eigenvalue weighted by Gasteiger charge is -2.37. The van der Waals surface area contributed by atoms with Crippen LogP contribution < -0.4 is 11.1 Å². The topological polar surface area (TPSA) is 55.1 Å². The fraction of sp³-hybridized carbons (Fsp3) is 0.909. The largest absolute Gasteiger partial charge is 0.355 e. The van der Waals surface area contributed by atoms with E-state index in [2.05, 4.69) is 19.2 Å². The van der Waals surface area contributed by atoms with Gasteiger partial charge in [0, 0.05) is 19.0 Å². The number of nitrogens with one attached hydrogen (secondary N) is 1. The van der Waals surface area contributed by atoms with Gasteiger partial charge in [0.1, 0.15) is 0 Å². The van der Waals surface area contributed by atoms with Crippen molar-refractivity contribution in [2.45, 2.75) is 39.5 Å². The third-order valence-corrected chi connectivity index (χ3v) is 3.27. The van der Waals surface area contributed by atoms with Crippen LogP contribution in [0, 0.1) is 11.3 Å². The Morgan fingerprint density at radius 3 is 2.79 bits per heavy atom. The maximum absolute atomic E-state index is 11.8. The molecular weight excluding hydrogens is 176 g/mol. The normalized spacial score (nSPS) is 25.8. The second-order valence-electron chi connectivity index (χ2n) is 4.87. The molecule has 0 radical (unpaired) electrons. The molecule has 1 aliphatic carbocycles. The van der Waals surface area contributed by atoms with Crippen LogP contribution in [0.3, 0.4) is 0 Å². The minimum Gasteiger partial charge on any atom is -0.355 e. The summed E-state index contributed by atoms with van der Waals surface area (Å²) in [4.78, 5) is 11.8. The first-order valence-electron chi connectivity index (χ1n) is 5.56. The van der Waals surface area contributed by atoms with E-state index in [1.54, 1.807) is 0 Å². The smallest absolute Gasteiger partial charge is 0.223 e. The fourth-order valence-corrected chi connectivity index (χ4v) is 2.30. The Balaban J connectivity index is 2.51. The molecule has 0 aromatic heterocycles. The minimum atomic E-state index is 0.164. The molecule has 0 saturated heterocycles. The summed E-state index contributed by atoms with van der Waals surface area (Å²) in [6.45, 7) is 5.52. The molecule has 82 valence electrons. The molecule has 14 heavy (non-hydrogen) atoms. The zero-order valence-electron chi connectivity index (χ0n) is 9.31. The van der Waals surface area contributed by atoms with Crippen LogP contribution >= 0.6 is 0 Å². The molecule has 1 amide bonds. The van der Waals surface area contributed by atoms with Gasteiger partial charge in [-0.2, -0.15) is 0 Å². The van der Waals surface area contributed by atoms with Crippen molar-refractivity contribution in [3.05, 3.63) is 0 Å². The highest BCUT2D eigenvalue weighted by atomic mass is 16.1. The summed E-state index contributed by atoms with van der Waals surface area (Å²) in [6.07, 6.45) is 4.63. The van der Waals surface area contributed by atoms with Gasteiger partial charge in [0.25, 0.3) is 0 Å². The number of amides is 1. The van der Waals surface area contributed by atoms with Crippen LogP contribution in [-0.4, -0.2) is 19.0 Å². The highest BCUT2D eigenvalue weighted by Gasteiger charge is 2.36. The average molecular weight is 198 g/mol. The van der Waals surface area contributed by atoms with E-state index in [1.807, 2.05) is 0 Å². The van der Waals surface area contributed by atoms with E-state index in [9.17, 15) is 4.79 Å². The maximum Gasteiger partial charge on any atom is 0.223 e. The predicted molar refractivity (Wildman–Crippen MR) is 57.8 cm³/mol. The minimum absolute atomic E-state index is 0.164. The molecule has 0 spiro atoms. The number of rotatable bonds is 3. The molecule has 1 aliphatic rings. The summed E-state index contributed by atoms with van der Waals surface area (Å²) in [5, 5.41) is 2.89. The van der Waals surface area contributed by atoms with E-state index in [4.69, 9.17) is 5.73 Å². The van der Waals surface area contributed by atoms with Gasteiger partial charge in [0.2, 0.25) is 5.91 Å². The van der Waals surface area contributed by atoms with Gasteiger partial charge in [-0.1, -0.05) is 26.7 Å². The van der Waals surface area contributed by atoms with E-state index >= 15 is 0 Å². The van der Waals surface area contributed by atoms with Crippen molar-refractivity contribution in [3.8, 4) is 0 Å². The van der Waals surface area contributed by atoms with Gasteiger partial charge in [-0.05, 0) is 18.3 Å². The van der Waals surface area contributed by atoms with Crippen molar-refractivity contribution in [3.63, 3.8) is 0 Å². The monoisotopic (exact) mass is 198 g/mol. The van der Waals surface area contributed by atoms with E-state index < -0.39 is 0 Å². The fourth-order valence-electron chi connectivity index (χ4n) is 2.30. The SMILES string of the molecule is CC1(C)CCCCC1C(=O)NCCN. The molecular formula is C11H22N2O. The molecule has 0 aromatic carbocycles. The van der Waals surface area contributed by atoms with E-state index in [0.29, 0.717) is 13.1 Å². The van der Waals surface area contributed by atoms with Gasteiger partial charge in [0.15, 0.2) is 0 Å². The van der Waals surface area contributed by atoms with Gasteiger partial charge in [-0.25, -0.2) is 0 Å². The number of carbonyl (C=O) groups excluding carboxylic acids is 1. The van der Waals surface area contributed by atoms with Crippen LogP contribution in [0.25, 0.3) is 0 Å². The van der Waals surface area contributed by atoms with Crippen LogP contribution in [0.4, 0.5) is 0 Å². The van der Waals surface area contributed by atoms with Gasteiger partial charge >= 0.3 is 0 Å². The molecule has 3 heteroatoms. The lowest BCUT2D eigenvalue weighted by Crippen LogP contribution is -2.42. The Labute approximate surface area is 86.4 Å². The van der Waals surface area contributed by atoms with Gasteiger partial charge in [-0.3, -0.25) is 4.79 Å². The second kappa shape index (κ2) is 4.78. The number of nitrogens with two attached hydrogens (primary N) is 1. The highest BCUT2D eigenvalue weighted by Crippen LogP contribution is 2.40. The third-order valence-electron chi connectivity index (χ3n) is 3.27. The molecule has 0 heterocycles. The first kappa shape index (κ1) is 11.5. The molecule has 1 fully saturated rings. The molecule has 1 rings (SSSR count). The number of hydrogen-bond acceptors (Lipinski definition) is 2. The molecule has 1 unspecified atom stereocenters. The number of hydrogen-bond donors (Lipinski definition) is 2. The molecule has 0 bridgehead atoms. The van der Waals surface area contributed by atoms with Crippen LogP contribution in [0.2, 0.25) is 0 Å². The zero-order chi connectivity index (χ0) is 10.6. The lowest BCUT2D eigenvalue weighted by molar-refractivity contribution is -0.130. The molecule has 3 N–H and O–H groups in total. The first-order valence-corrected chi connectivity index (χ1v) is 5.56. The molecule has 0 aromatic rings. The highest BCUT2D eigenvalue weighted by molar-refractivity contribution is 5.79. The quantitative estimate of drug-likeness (QED) is 0.717. The van der Waals surface area contributed by atoms with Crippen molar-refractivity contribution < 1.29 is 4.79 Å². The number of carbonyl (C=O) groups is 1. The predicted octanol–water partition coefficient (Wildman–Crippen LogP) is 1.28. The molecule has 1 saturated carbocycles. The average Bonchev–Trinajstić information content (AvgIpc) is 2.13. The maximum atomic E-state index is 11.8. The Bertz CT molecular complexity index is 201. The molecule has 1 atom stereocenters. The second-order valence-corrected chi connectivity index (χ2v) is 4.87. The first-order chi connectivity index (χ1) is 6.58. The van der Waals surface area contributed by atoms with Crippen molar-refractivity contribution in [1.82, 2.24) is 5.32 Å². The molecule has 0 aliphatic heterocycles. The Kier molecular flexibility index (Phi) is 3.93. The van der Waals surface area contributed by atoms with E-state index in [1.165, 1.54) is 12.8 Å². The van der Waals surface area contributed by atoms with Crippen molar-refractivity contribution in [2.75, 3.05) is 13.1 Å². The summed E-state index contributed by atoms with van der Waals surface area (Å²) in [6, 6.07) is 0. The van der Waals surface area contributed by atoms with E-state index in [-0.39, 0.29) is 17.2 Å². The summed E-state index contributed by atoms with van der Waals surface area (Å²) in [5.41, 5.74) is 5.52. The van der Waals surface area contributed by atoms with Gasteiger partial charge < -0.3 is 11.1 Å². The van der Waals surface area contributed by atoms with Crippen molar-refractivity contribution in [1.29, 1.82) is 0 Å². The van der Waals surface area contributed by atoms with Crippen LogP contribution in [0.5, 0.6) is 0 Å². The van der Waals surface area contributed by atoms with Crippen molar-refractivity contribution in [2.24, 2.45) is 17.1 Å². The molecule has 3 nitrogen and oxygen atoms in total. The van der Waals surface area contributed by atoms with E-state index in [0.717, 1.165) is 12.8 Å². The standard InChI is InChI=1S/C11H22N2O/c1-11(2)6-4-3-5-9(11)10(14)13-8-7-12/h9H,3-8,12H2,1-2H3,(H,13,14). The van der Waals surface area contributed by atoms with Crippen LogP contribution in [0.1, 0.15) is 39.5 Å². The lowest BCUT2D eigenvalue weighted by atomic mass is 9.68. The Morgan fingerprint density at radius 1 is 1.50 bits per heavy atom. The third kappa shape index (κ3) is 2.71. The Morgan fingerprint density at radius 2 is 2.21 bits per heavy atom. The van der Waals surface area contributed by atoms with Crippen molar-refractivity contribution >= 4 is 5.91 Å². The summed E-state index contributed by atoms with van der Waals surface area (Å²) >= 11 is 0. The zero-order valence-corrected chi connectivity index (χ0v) is 9.31. The van der Waals surface area contributed by atoms with Crippen LogP contribution in [0.15, 0.2) is 0 Å². The van der Waals surface area contributed by atoms with Gasteiger partial charge in [-0.15, -0.1) is 0 Å². The summed E-state index contributed by atoms with van der Waals surface area (Å²) in [5.74, 6) is 0.378.